The van der Waals surface area contributed by atoms with Gasteiger partial charge in [-0.1, -0.05) is 24.9 Å². The van der Waals surface area contributed by atoms with E-state index in [-0.39, 0.29) is 10.8 Å². The van der Waals surface area contributed by atoms with Crippen LogP contribution in [-0.2, 0) is 40.3 Å². The summed E-state index contributed by atoms with van der Waals surface area (Å²) >= 11 is 0.991. The van der Waals surface area contributed by atoms with Crippen LogP contribution in [0.5, 0.6) is 5.75 Å². The fraction of sp³-hybridized carbons (Fsp3) is 0.462. The number of aryl methyl sites for hydroxylation is 1. The predicted octanol–water partition coefficient (Wildman–Crippen LogP) is 2.52. The van der Waals surface area contributed by atoms with E-state index in [1.54, 1.807) is 18.2 Å². The van der Waals surface area contributed by atoms with E-state index >= 15 is 0 Å². The summed E-state index contributed by atoms with van der Waals surface area (Å²) < 4.78 is 41.1. The van der Waals surface area contributed by atoms with Gasteiger partial charge in [-0.2, -0.15) is 13.5 Å². The van der Waals surface area contributed by atoms with Crippen LogP contribution in [0.4, 0.5) is 5.13 Å². The summed E-state index contributed by atoms with van der Waals surface area (Å²) in [7, 11) is -4.98. The second-order valence-corrected chi connectivity index (χ2v) is 12.4. The van der Waals surface area contributed by atoms with Gasteiger partial charge in [0.05, 0.1) is 22.5 Å². The van der Waals surface area contributed by atoms with E-state index in [1.165, 1.54) is 19.2 Å². The molecule has 1 aliphatic rings. The van der Waals surface area contributed by atoms with Crippen LogP contribution in [-0.4, -0.2) is 79.7 Å². The zero-order valence-electron chi connectivity index (χ0n) is 24.0. The molecule has 1 fully saturated rings. The standard InChI is InChI=1S/C26H32N6O10S2/c1-4-5-6-7-21-28-16-9-8-14(10-17(16)29-21)40-12-20(24(35)36)41-31-22(18-13-43-25(27)30-18)19(33)11-15-23(34)32(26(15,2)3)42-44(37,38)39/h8-10,13,15,20H,4-7,11-12H2,1-3H3,(H2,27,30)(H,28,29)(H,35,36)(H,37,38,39)/b31-22-/t15-,20+/m1/s1. The third kappa shape index (κ3) is 7.68. The van der Waals surface area contributed by atoms with Crippen molar-refractivity contribution in [1.29, 1.82) is 0 Å². The number of Topliss-reactive ketones (excluding diaryl/α,β-unsaturated/α-hetero) is 1. The van der Waals surface area contributed by atoms with Gasteiger partial charge in [0.15, 0.2) is 16.6 Å². The maximum absolute atomic E-state index is 13.3. The molecule has 1 saturated heterocycles. The normalized spacial score (nSPS) is 17.4. The van der Waals surface area contributed by atoms with Crippen molar-refractivity contribution in [3.05, 3.63) is 35.1 Å². The van der Waals surface area contributed by atoms with Gasteiger partial charge < -0.3 is 25.4 Å². The molecule has 18 heteroatoms. The molecular formula is C26H32N6O10S2. The molecule has 0 bridgehead atoms. The summed E-state index contributed by atoms with van der Waals surface area (Å²) in [4.78, 5) is 54.8. The lowest BCUT2D eigenvalue weighted by molar-refractivity contribution is -0.228. The van der Waals surface area contributed by atoms with Crippen molar-refractivity contribution in [1.82, 2.24) is 20.0 Å². The van der Waals surface area contributed by atoms with Crippen LogP contribution in [0.25, 0.3) is 11.0 Å². The number of imidazole rings is 1. The Morgan fingerprint density at radius 2 is 2.02 bits per heavy atom. The number of amides is 1. The lowest BCUT2D eigenvalue weighted by Crippen LogP contribution is -2.68. The number of aromatic nitrogens is 3. The number of nitrogen functional groups attached to an aromatic ring is 1. The number of ether oxygens (including phenoxy) is 1. The highest BCUT2D eigenvalue weighted by molar-refractivity contribution is 7.80. The van der Waals surface area contributed by atoms with Crippen molar-refractivity contribution < 1.29 is 46.3 Å². The molecule has 1 amide bonds. The largest absolute Gasteiger partial charge is 0.489 e. The highest BCUT2D eigenvalue weighted by atomic mass is 32.3. The van der Waals surface area contributed by atoms with Crippen molar-refractivity contribution in [2.24, 2.45) is 11.1 Å². The fourth-order valence-electron chi connectivity index (χ4n) is 4.51. The van der Waals surface area contributed by atoms with Crippen molar-refractivity contribution >= 4 is 61.3 Å². The first kappa shape index (κ1) is 32.8. The summed E-state index contributed by atoms with van der Waals surface area (Å²) in [5.74, 6) is -2.94. The summed E-state index contributed by atoms with van der Waals surface area (Å²) in [6.07, 6.45) is 1.86. The molecule has 5 N–H and O–H groups in total. The number of β-lactam (4-membered cyclic amide) rings is 1. The molecule has 4 rings (SSSR count). The number of carboxylic acids is 1. The van der Waals surface area contributed by atoms with Crippen molar-refractivity contribution in [3.63, 3.8) is 0 Å². The van der Waals surface area contributed by atoms with Crippen LogP contribution in [0.1, 0.15) is 58.0 Å². The number of oxime groups is 1. The first-order valence-corrected chi connectivity index (χ1v) is 15.8. The molecule has 3 heterocycles. The van der Waals surface area contributed by atoms with E-state index < -0.39 is 64.4 Å². The van der Waals surface area contributed by atoms with Crippen molar-refractivity contribution in [3.8, 4) is 5.75 Å². The Bertz CT molecular complexity index is 1680. The van der Waals surface area contributed by atoms with Gasteiger partial charge in [0.1, 0.15) is 23.9 Å². The van der Waals surface area contributed by atoms with E-state index in [4.69, 9.17) is 19.9 Å². The number of unbranched alkanes of at least 4 members (excludes halogenated alkanes) is 2. The zero-order chi connectivity index (χ0) is 32.2. The number of nitrogens with two attached hydrogens (primary N) is 1. The molecule has 16 nitrogen and oxygen atoms in total. The smallest absolute Gasteiger partial charge is 0.418 e. The molecule has 0 saturated carbocycles. The molecule has 44 heavy (non-hydrogen) atoms. The SMILES string of the molecule is CCCCCc1nc2ccc(OC[C@H](O/N=C(\C(=O)C[C@@H]3C(=O)N(OS(=O)(=O)O)C3(C)C)c3csc(N)n3)C(=O)O)cc2[nH]1. The minimum Gasteiger partial charge on any atom is -0.489 e. The number of aliphatic carboxylic acids is 1. The lowest BCUT2D eigenvalue weighted by Gasteiger charge is -2.50. The number of aromatic amines is 1. The molecule has 238 valence electrons. The van der Waals surface area contributed by atoms with Gasteiger partial charge in [0.2, 0.25) is 0 Å². The van der Waals surface area contributed by atoms with Gasteiger partial charge in [-0.25, -0.2) is 14.8 Å². The van der Waals surface area contributed by atoms with Crippen molar-refractivity contribution in [2.75, 3.05) is 12.3 Å². The Morgan fingerprint density at radius 1 is 1.27 bits per heavy atom. The Morgan fingerprint density at radius 3 is 2.64 bits per heavy atom. The second kappa shape index (κ2) is 13.2. The Kier molecular flexibility index (Phi) is 9.87. The third-order valence-corrected chi connectivity index (χ3v) is 7.94. The summed E-state index contributed by atoms with van der Waals surface area (Å²) in [5, 5.41) is 15.4. The van der Waals surface area contributed by atoms with E-state index in [0.717, 1.165) is 53.9 Å². The maximum Gasteiger partial charge on any atom is 0.418 e. The number of nitrogens with zero attached hydrogens (tertiary/aromatic N) is 4. The van der Waals surface area contributed by atoms with Crippen LogP contribution in [0, 0.1) is 5.92 Å². The number of rotatable bonds is 16. The number of hydrogen-bond acceptors (Lipinski definition) is 13. The van der Waals surface area contributed by atoms with E-state index in [2.05, 4.69) is 31.3 Å². The number of carbonyl (C=O) groups excluding carboxylic acids is 2. The number of carbonyl (C=O) groups is 3. The van der Waals surface area contributed by atoms with Gasteiger partial charge in [-0.3, -0.25) is 14.1 Å². The summed E-state index contributed by atoms with van der Waals surface area (Å²) in [6.45, 7) is 4.50. The zero-order valence-corrected chi connectivity index (χ0v) is 25.7. The minimum absolute atomic E-state index is 0.0161. The minimum atomic E-state index is -4.98. The topological polar surface area (TPSA) is 237 Å². The average Bonchev–Trinajstić information content (AvgIpc) is 3.56. The maximum atomic E-state index is 13.3. The van der Waals surface area contributed by atoms with Crippen LogP contribution >= 0.6 is 11.3 Å². The van der Waals surface area contributed by atoms with Crippen LogP contribution in [0.3, 0.4) is 0 Å². The first-order valence-electron chi connectivity index (χ1n) is 13.5. The van der Waals surface area contributed by atoms with E-state index in [9.17, 15) is 27.9 Å². The van der Waals surface area contributed by atoms with Crippen LogP contribution in [0.2, 0.25) is 0 Å². The molecule has 0 aliphatic carbocycles. The molecule has 0 unspecified atom stereocenters. The van der Waals surface area contributed by atoms with Crippen molar-refractivity contribution in [2.45, 2.75) is 64.5 Å². The number of fused-ring (bicyclic) bond motifs is 1. The predicted molar refractivity (Wildman–Crippen MR) is 157 cm³/mol. The van der Waals surface area contributed by atoms with Gasteiger partial charge in [0.25, 0.3) is 12.0 Å². The number of carboxylic acid groups (broad SMARTS) is 1. The number of hydroxylamine groups is 2. The molecule has 1 aliphatic heterocycles. The number of hydrogen-bond donors (Lipinski definition) is 4. The summed E-state index contributed by atoms with van der Waals surface area (Å²) in [6, 6.07) is 5.07. The van der Waals surface area contributed by atoms with Gasteiger partial charge in [-0.15, -0.1) is 15.6 Å². The molecule has 3 aromatic rings. The molecule has 1 aromatic carbocycles. The molecule has 0 spiro atoms. The highest BCUT2D eigenvalue weighted by Gasteiger charge is 2.57. The van der Waals surface area contributed by atoms with Crippen LogP contribution in [0.15, 0.2) is 28.7 Å². The number of anilines is 1. The van der Waals surface area contributed by atoms with Gasteiger partial charge in [0, 0.05) is 24.3 Å². The number of H-pyrrole nitrogens is 1. The number of benzene rings is 1. The number of nitrogens with one attached hydrogen (secondary N) is 1. The van der Waals surface area contributed by atoms with Gasteiger partial charge in [-0.05, 0) is 32.4 Å². The lowest BCUT2D eigenvalue weighted by atomic mass is 9.74. The fourth-order valence-corrected chi connectivity index (χ4v) is 5.52. The Hall–Kier alpha value is -4.13. The second-order valence-electron chi connectivity index (χ2n) is 10.5. The Labute approximate surface area is 256 Å². The quantitative estimate of drug-likeness (QED) is 0.0573. The van der Waals surface area contributed by atoms with E-state index in [0.29, 0.717) is 10.8 Å². The summed E-state index contributed by atoms with van der Waals surface area (Å²) in [5.41, 5.74) is 5.44. The van der Waals surface area contributed by atoms with E-state index in [1.807, 2.05) is 0 Å². The highest BCUT2D eigenvalue weighted by Crippen LogP contribution is 2.40. The first-order chi connectivity index (χ1) is 20.7. The average molecular weight is 653 g/mol. The molecule has 0 radical (unpaired) electrons. The third-order valence-electron chi connectivity index (χ3n) is 6.93. The molecule has 2 atom stereocenters. The number of thiazole rings is 1. The Balaban J connectivity index is 1.46. The van der Waals surface area contributed by atoms with Gasteiger partial charge >= 0.3 is 16.4 Å². The molecule has 2 aromatic heterocycles. The molecular weight excluding hydrogens is 620 g/mol. The number of ketones is 1. The van der Waals surface area contributed by atoms with Crippen LogP contribution < -0.4 is 10.5 Å². The monoisotopic (exact) mass is 652 g/mol.